The van der Waals surface area contributed by atoms with Gasteiger partial charge in [0, 0.05) is 31.0 Å². The molecule has 5 nitrogen and oxygen atoms in total. The average Bonchev–Trinajstić information content (AvgIpc) is 2.63. The molecule has 3 rings (SSSR count). The van der Waals surface area contributed by atoms with Gasteiger partial charge in [-0.3, -0.25) is 9.78 Å². The van der Waals surface area contributed by atoms with Gasteiger partial charge in [0.05, 0.1) is 5.56 Å². The Morgan fingerprint density at radius 2 is 1.75 bits per heavy atom. The Morgan fingerprint density at radius 3 is 2.42 bits per heavy atom. The van der Waals surface area contributed by atoms with E-state index in [1.165, 1.54) is 0 Å². The molecule has 0 bridgehead atoms. The van der Waals surface area contributed by atoms with Crippen LogP contribution in [0.15, 0.2) is 48.8 Å². The minimum absolute atomic E-state index is 0.0433. The highest BCUT2D eigenvalue weighted by Gasteiger charge is 2.24. The fraction of sp³-hybridized carbons (Fsp3) is 0.316. The molecule has 0 aliphatic carbocycles. The van der Waals surface area contributed by atoms with Crippen molar-refractivity contribution in [2.75, 3.05) is 13.1 Å². The largest absolute Gasteiger partial charge is 0.478 e. The Hall–Kier alpha value is -2.69. The first-order valence-corrected chi connectivity index (χ1v) is 8.15. The van der Waals surface area contributed by atoms with Gasteiger partial charge in [-0.05, 0) is 48.9 Å². The van der Waals surface area contributed by atoms with Crippen LogP contribution in [-0.4, -0.2) is 40.0 Å². The number of piperidine rings is 1. The maximum absolute atomic E-state index is 12.4. The second kappa shape index (κ2) is 7.25. The van der Waals surface area contributed by atoms with Crippen molar-refractivity contribution in [3.05, 3.63) is 65.5 Å². The summed E-state index contributed by atoms with van der Waals surface area (Å²) in [5.41, 5.74) is 1.93. The first kappa shape index (κ1) is 16.2. The maximum atomic E-state index is 12.4. The topological polar surface area (TPSA) is 70.5 Å². The summed E-state index contributed by atoms with van der Waals surface area (Å²) in [7, 11) is 0. The van der Waals surface area contributed by atoms with Gasteiger partial charge in [-0.15, -0.1) is 0 Å². The van der Waals surface area contributed by atoms with Gasteiger partial charge in [-0.2, -0.15) is 0 Å². The number of carbonyl (C=O) groups is 2. The number of rotatable bonds is 4. The number of nitrogens with zero attached hydrogens (tertiary/aromatic N) is 2. The molecule has 0 spiro atoms. The number of hydrogen-bond acceptors (Lipinski definition) is 3. The van der Waals surface area contributed by atoms with Gasteiger partial charge in [0.15, 0.2) is 0 Å². The van der Waals surface area contributed by atoms with E-state index < -0.39 is 5.97 Å². The summed E-state index contributed by atoms with van der Waals surface area (Å²) in [6.07, 6.45) is 5.79. The zero-order valence-electron chi connectivity index (χ0n) is 13.4. The van der Waals surface area contributed by atoms with E-state index in [0.29, 0.717) is 30.1 Å². The summed E-state index contributed by atoms with van der Waals surface area (Å²) < 4.78 is 0. The molecule has 2 heterocycles. The smallest absolute Gasteiger partial charge is 0.335 e. The zero-order valence-corrected chi connectivity index (χ0v) is 13.4. The molecule has 1 aromatic heterocycles. The minimum atomic E-state index is -0.879. The average molecular weight is 324 g/mol. The molecule has 1 saturated heterocycles. The minimum Gasteiger partial charge on any atom is -0.478 e. The summed E-state index contributed by atoms with van der Waals surface area (Å²) in [4.78, 5) is 29.5. The third-order valence-electron chi connectivity index (χ3n) is 4.59. The van der Waals surface area contributed by atoms with Crippen LogP contribution in [0.4, 0.5) is 0 Å². The number of aromatic carboxylic acids is 1. The van der Waals surface area contributed by atoms with Crippen molar-refractivity contribution in [2.24, 2.45) is 5.92 Å². The van der Waals surface area contributed by atoms with Crippen LogP contribution >= 0.6 is 0 Å². The number of likely N-dealkylation sites (tertiary alicyclic amines) is 1. The Kier molecular flexibility index (Phi) is 4.89. The third kappa shape index (κ3) is 3.62. The molecule has 0 unspecified atom stereocenters. The number of benzene rings is 1. The van der Waals surface area contributed by atoms with E-state index >= 15 is 0 Å². The predicted octanol–water partition coefficient (Wildman–Crippen LogP) is 2.87. The van der Waals surface area contributed by atoms with Crippen LogP contribution in [0.1, 0.15) is 39.1 Å². The zero-order chi connectivity index (χ0) is 16.9. The lowest BCUT2D eigenvalue weighted by molar-refractivity contribution is 0.0690. The Balaban J connectivity index is 1.60. The van der Waals surface area contributed by atoms with Gasteiger partial charge in [-0.1, -0.05) is 18.2 Å². The molecule has 0 radical (unpaired) electrons. The van der Waals surface area contributed by atoms with Crippen molar-refractivity contribution in [2.45, 2.75) is 19.3 Å². The molecule has 1 aromatic carbocycles. The summed E-state index contributed by atoms with van der Waals surface area (Å²) in [6.45, 7) is 1.42. The molecule has 124 valence electrons. The van der Waals surface area contributed by atoms with Gasteiger partial charge < -0.3 is 10.0 Å². The molecule has 24 heavy (non-hydrogen) atoms. The van der Waals surface area contributed by atoms with Crippen LogP contribution in [0.5, 0.6) is 0 Å². The highest BCUT2D eigenvalue weighted by molar-refractivity contribution is 5.94. The van der Waals surface area contributed by atoms with Crippen molar-refractivity contribution >= 4 is 11.9 Å². The predicted molar refractivity (Wildman–Crippen MR) is 90.0 cm³/mol. The van der Waals surface area contributed by atoms with E-state index in [2.05, 4.69) is 4.98 Å². The van der Waals surface area contributed by atoms with E-state index in [9.17, 15) is 14.7 Å². The van der Waals surface area contributed by atoms with Crippen LogP contribution in [0, 0.1) is 5.92 Å². The van der Waals surface area contributed by atoms with E-state index in [0.717, 1.165) is 24.8 Å². The van der Waals surface area contributed by atoms with Crippen LogP contribution in [-0.2, 0) is 6.42 Å². The third-order valence-corrected chi connectivity index (χ3v) is 4.59. The second-order valence-electron chi connectivity index (χ2n) is 6.14. The van der Waals surface area contributed by atoms with E-state index in [1.54, 1.807) is 36.7 Å². The molecule has 1 N–H and O–H groups in total. The molecule has 0 atom stereocenters. The summed E-state index contributed by atoms with van der Waals surface area (Å²) >= 11 is 0. The van der Waals surface area contributed by atoms with Gasteiger partial charge in [0.1, 0.15) is 0 Å². The fourth-order valence-corrected chi connectivity index (χ4v) is 3.24. The van der Waals surface area contributed by atoms with Crippen LogP contribution in [0.3, 0.4) is 0 Å². The number of carboxylic acid groups (broad SMARTS) is 1. The Morgan fingerprint density at radius 1 is 1.08 bits per heavy atom. The standard InChI is InChI=1S/C19H20N2O3/c22-18(15-5-9-20-10-6-15)21-11-7-14(8-12-21)13-16-3-1-2-4-17(16)19(23)24/h1-6,9-10,14H,7-8,11-13H2,(H,23,24). The van der Waals surface area contributed by atoms with Crippen molar-refractivity contribution < 1.29 is 14.7 Å². The first-order valence-electron chi connectivity index (χ1n) is 8.15. The van der Waals surface area contributed by atoms with Gasteiger partial charge in [0.25, 0.3) is 5.91 Å². The van der Waals surface area contributed by atoms with Crippen molar-refractivity contribution in [3.63, 3.8) is 0 Å². The maximum Gasteiger partial charge on any atom is 0.335 e. The normalized spacial score (nSPS) is 15.2. The molecule has 1 aliphatic rings. The van der Waals surface area contributed by atoms with Crippen molar-refractivity contribution in [1.29, 1.82) is 0 Å². The van der Waals surface area contributed by atoms with Gasteiger partial charge in [0.2, 0.25) is 0 Å². The van der Waals surface area contributed by atoms with E-state index in [-0.39, 0.29) is 5.91 Å². The number of hydrogen-bond donors (Lipinski definition) is 1. The number of carbonyl (C=O) groups excluding carboxylic acids is 1. The van der Waals surface area contributed by atoms with Gasteiger partial charge >= 0.3 is 5.97 Å². The first-order chi connectivity index (χ1) is 11.6. The summed E-state index contributed by atoms with van der Waals surface area (Å²) in [6, 6.07) is 10.6. The fourth-order valence-electron chi connectivity index (χ4n) is 3.24. The molecule has 2 aromatic rings. The Labute approximate surface area is 140 Å². The molecular formula is C19H20N2O3. The van der Waals surface area contributed by atoms with E-state index in [1.807, 2.05) is 17.0 Å². The molecule has 5 heteroatoms. The number of aromatic nitrogens is 1. The van der Waals surface area contributed by atoms with E-state index in [4.69, 9.17) is 0 Å². The quantitative estimate of drug-likeness (QED) is 0.939. The highest BCUT2D eigenvalue weighted by Crippen LogP contribution is 2.24. The Bertz CT molecular complexity index is 722. The summed E-state index contributed by atoms with van der Waals surface area (Å²) in [5, 5.41) is 9.28. The molecule has 1 aliphatic heterocycles. The molecular weight excluding hydrogens is 304 g/mol. The van der Waals surface area contributed by atoms with Crippen molar-refractivity contribution in [3.8, 4) is 0 Å². The van der Waals surface area contributed by atoms with Crippen LogP contribution < -0.4 is 0 Å². The summed E-state index contributed by atoms with van der Waals surface area (Å²) in [5.74, 6) is -0.426. The molecule has 0 saturated carbocycles. The SMILES string of the molecule is O=C(O)c1ccccc1CC1CCN(C(=O)c2ccncc2)CC1. The number of pyridine rings is 1. The van der Waals surface area contributed by atoms with Crippen molar-refractivity contribution in [1.82, 2.24) is 9.88 Å². The number of amides is 1. The lowest BCUT2D eigenvalue weighted by Gasteiger charge is -2.32. The molecule has 1 fully saturated rings. The van der Waals surface area contributed by atoms with Gasteiger partial charge in [-0.25, -0.2) is 4.79 Å². The monoisotopic (exact) mass is 324 g/mol. The molecule has 1 amide bonds. The highest BCUT2D eigenvalue weighted by atomic mass is 16.4. The lowest BCUT2D eigenvalue weighted by Crippen LogP contribution is -2.39. The van der Waals surface area contributed by atoms with Crippen LogP contribution in [0.25, 0.3) is 0 Å². The lowest BCUT2D eigenvalue weighted by atomic mass is 9.88. The number of carboxylic acids is 1. The van der Waals surface area contributed by atoms with Crippen LogP contribution in [0.2, 0.25) is 0 Å². The second-order valence-corrected chi connectivity index (χ2v) is 6.14.